The average Bonchev–Trinajstić information content (AvgIpc) is 3.44. The molecule has 2 atom stereocenters. The molecule has 2 aromatic carbocycles. The number of carbonyl (C=O) groups is 3. The first-order valence-corrected chi connectivity index (χ1v) is 12.3. The molecule has 1 N–H and O–H groups in total. The van der Waals surface area contributed by atoms with Crippen LogP contribution in [-0.4, -0.2) is 59.4 Å². The summed E-state index contributed by atoms with van der Waals surface area (Å²) in [5, 5.41) is 2.90. The van der Waals surface area contributed by atoms with Crippen molar-refractivity contribution in [2.45, 2.75) is 57.7 Å². The summed E-state index contributed by atoms with van der Waals surface area (Å²) in [5.74, 6) is -0.986. The number of carbonyl (C=O) groups excluding carboxylic acids is 3. The van der Waals surface area contributed by atoms with Crippen LogP contribution >= 0.6 is 0 Å². The number of nitrogens with one attached hydrogen (secondary N) is 1. The molecule has 3 aliphatic heterocycles. The lowest BCUT2D eigenvalue weighted by Crippen LogP contribution is -2.36. The standard InChI is InChI=1S/C27H31N3O4/c1-18-5-2-3-13-29(18)16-19-7-10-21(11-8-19)28-25(31)20-9-12-23-24(15-20)27(33)30(26(23)32)17-22-6-4-14-34-22/h7-12,15,18,22H,2-6,13-14,16-17H2,1H3,(H,28,31). The minimum absolute atomic E-state index is 0.105. The van der Waals surface area contributed by atoms with Gasteiger partial charge in [0, 0.05) is 30.4 Å². The van der Waals surface area contributed by atoms with Gasteiger partial charge < -0.3 is 10.1 Å². The Balaban J connectivity index is 1.23. The van der Waals surface area contributed by atoms with Crippen molar-refractivity contribution in [2.75, 3.05) is 25.0 Å². The van der Waals surface area contributed by atoms with Gasteiger partial charge in [0.2, 0.25) is 0 Å². The van der Waals surface area contributed by atoms with Crippen molar-refractivity contribution in [2.24, 2.45) is 0 Å². The molecule has 178 valence electrons. The highest BCUT2D eigenvalue weighted by Gasteiger charge is 2.38. The van der Waals surface area contributed by atoms with Crippen LogP contribution < -0.4 is 5.32 Å². The molecule has 2 aromatic rings. The highest BCUT2D eigenvalue weighted by atomic mass is 16.5. The van der Waals surface area contributed by atoms with Gasteiger partial charge in [0.15, 0.2) is 0 Å². The lowest BCUT2D eigenvalue weighted by atomic mass is 10.0. The number of imide groups is 1. The molecule has 3 aliphatic rings. The maximum absolute atomic E-state index is 12.9. The van der Waals surface area contributed by atoms with Crippen molar-refractivity contribution < 1.29 is 19.1 Å². The van der Waals surface area contributed by atoms with Crippen molar-refractivity contribution in [1.82, 2.24) is 9.80 Å². The van der Waals surface area contributed by atoms with E-state index in [1.54, 1.807) is 12.1 Å². The van der Waals surface area contributed by atoms with Crippen LogP contribution in [0.25, 0.3) is 0 Å². The van der Waals surface area contributed by atoms with Gasteiger partial charge in [-0.3, -0.25) is 24.2 Å². The Morgan fingerprint density at radius 1 is 1.00 bits per heavy atom. The first-order chi connectivity index (χ1) is 16.5. The fourth-order valence-corrected chi connectivity index (χ4v) is 5.11. The van der Waals surface area contributed by atoms with Gasteiger partial charge in [-0.05, 0) is 75.0 Å². The van der Waals surface area contributed by atoms with Gasteiger partial charge in [-0.2, -0.15) is 0 Å². The zero-order valence-electron chi connectivity index (χ0n) is 19.6. The number of piperidine rings is 1. The maximum Gasteiger partial charge on any atom is 0.261 e. The Bertz CT molecular complexity index is 1090. The molecule has 0 bridgehead atoms. The first kappa shape index (κ1) is 22.7. The third-order valence-electron chi connectivity index (χ3n) is 7.18. The number of anilines is 1. The maximum atomic E-state index is 12.9. The zero-order valence-corrected chi connectivity index (χ0v) is 19.6. The number of fused-ring (bicyclic) bond motifs is 1. The summed E-state index contributed by atoms with van der Waals surface area (Å²) in [6.45, 7) is 5.25. The van der Waals surface area contributed by atoms with Gasteiger partial charge in [0.25, 0.3) is 17.7 Å². The van der Waals surface area contributed by atoms with E-state index >= 15 is 0 Å². The van der Waals surface area contributed by atoms with Crippen LogP contribution in [0.1, 0.15) is 75.7 Å². The summed E-state index contributed by atoms with van der Waals surface area (Å²) < 4.78 is 5.58. The second-order valence-corrected chi connectivity index (χ2v) is 9.58. The molecule has 0 aromatic heterocycles. The van der Waals surface area contributed by atoms with Crippen molar-refractivity contribution in [3.8, 4) is 0 Å². The van der Waals surface area contributed by atoms with Gasteiger partial charge in [0.1, 0.15) is 0 Å². The molecule has 2 unspecified atom stereocenters. The van der Waals surface area contributed by atoms with Crippen molar-refractivity contribution >= 4 is 23.4 Å². The molecule has 7 nitrogen and oxygen atoms in total. The molecular formula is C27H31N3O4. The summed E-state index contributed by atoms with van der Waals surface area (Å²) in [7, 11) is 0. The van der Waals surface area contributed by atoms with E-state index in [-0.39, 0.29) is 35.9 Å². The van der Waals surface area contributed by atoms with Crippen LogP contribution in [-0.2, 0) is 11.3 Å². The molecular weight excluding hydrogens is 430 g/mol. The smallest absolute Gasteiger partial charge is 0.261 e. The van der Waals surface area contributed by atoms with E-state index in [2.05, 4.69) is 17.1 Å². The predicted molar refractivity (Wildman–Crippen MR) is 129 cm³/mol. The van der Waals surface area contributed by atoms with Crippen LogP contribution in [0.3, 0.4) is 0 Å². The fraction of sp³-hybridized carbons (Fsp3) is 0.444. The third kappa shape index (κ3) is 4.63. The number of amides is 3. The van der Waals surface area contributed by atoms with E-state index in [0.29, 0.717) is 29.5 Å². The SMILES string of the molecule is CC1CCCCN1Cc1ccc(NC(=O)c2ccc3c(c2)C(=O)N(CC2CCCO2)C3=O)cc1. The third-order valence-corrected chi connectivity index (χ3v) is 7.18. The number of benzene rings is 2. The molecule has 34 heavy (non-hydrogen) atoms. The van der Waals surface area contributed by atoms with Gasteiger partial charge in [-0.25, -0.2) is 0 Å². The molecule has 7 heteroatoms. The Morgan fingerprint density at radius 2 is 1.79 bits per heavy atom. The first-order valence-electron chi connectivity index (χ1n) is 12.3. The summed E-state index contributed by atoms with van der Waals surface area (Å²) in [6.07, 6.45) is 5.48. The number of ether oxygens (including phenoxy) is 1. The topological polar surface area (TPSA) is 79.0 Å². The van der Waals surface area contributed by atoms with Gasteiger partial charge in [-0.1, -0.05) is 18.6 Å². The molecule has 2 saturated heterocycles. The van der Waals surface area contributed by atoms with E-state index in [1.165, 1.54) is 35.8 Å². The van der Waals surface area contributed by atoms with Gasteiger partial charge >= 0.3 is 0 Å². The summed E-state index contributed by atoms with van der Waals surface area (Å²) >= 11 is 0. The molecule has 0 aliphatic carbocycles. The number of rotatable bonds is 6. The molecule has 5 rings (SSSR count). The van der Waals surface area contributed by atoms with E-state index < -0.39 is 0 Å². The minimum atomic E-state index is -0.360. The van der Waals surface area contributed by atoms with Gasteiger partial charge in [-0.15, -0.1) is 0 Å². The highest BCUT2D eigenvalue weighted by Crippen LogP contribution is 2.27. The molecule has 2 fully saturated rings. The normalized spacial score (nSPS) is 22.8. The number of hydrogen-bond donors (Lipinski definition) is 1. The van der Waals surface area contributed by atoms with Crippen LogP contribution in [0.2, 0.25) is 0 Å². The van der Waals surface area contributed by atoms with Crippen molar-refractivity contribution in [1.29, 1.82) is 0 Å². The number of hydrogen-bond acceptors (Lipinski definition) is 5. The lowest BCUT2D eigenvalue weighted by molar-refractivity contribution is 0.0475. The fourth-order valence-electron chi connectivity index (χ4n) is 5.11. The van der Waals surface area contributed by atoms with Crippen molar-refractivity contribution in [3.05, 3.63) is 64.7 Å². The zero-order chi connectivity index (χ0) is 23.7. The second-order valence-electron chi connectivity index (χ2n) is 9.58. The summed E-state index contributed by atoms with van der Waals surface area (Å²) in [4.78, 5) is 42.2. The number of likely N-dealkylation sites (tertiary alicyclic amines) is 1. The van der Waals surface area contributed by atoms with Crippen molar-refractivity contribution in [3.63, 3.8) is 0 Å². The van der Waals surface area contributed by atoms with Crippen LogP contribution in [0.4, 0.5) is 5.69 Å². The molecule has 0 radical (unpaired) electrons. The average molecular weight is 462 g/mol. The summed E-state index contributed by atoms with van der Waals surface area (Å²) in [6, 6.07) is 13.2. The summed E-state index contributed by atoms with van der Waals surface area (Å²) in [5.41, 5.74) is 2.89. The molecule has 3 amide bonds. The van der Waals surface area contributed by atoms with E-state index in [4.69, 9.17) is 4.74 Å². The van der Waals surface area contributed by atoms with E-state index in [9.17, 15) is 14.4 Å². The molecule has 0 spiro atoms. The predicted octanol–water partition coefficient (Wildman–Crippen LogP) is 4.09. The Hall–Kier alpha value is -3.03. The monoisotopic (exact) mass is 461 g/mol. The highest BCUT2D eigenvalue weighted by molar-refractivity contribution is 6.22. The number of nitrogens with zero attached hydrogens (tertiary/aromatic N) is 2. The minimum Gasteiger partial charge on any atom is -0.376 e. The lowest BCUT2D eigenvalue weighted by Gasteiger charge is -2.33. The quantitative estimate of drug-likeness (QED) is 0.656. The van der Waals surface area contributed by atoms with Crippen LogP contribution in [0, 0.1) is 0 Å². The van der Waals surface area contributed by atoms with E-state index in [1.807, 2.05) is 24.3 Å². The van der Waals surface area contributed by atoms with Crippen LogP contribution in [0.15, 0.2) is 42.5 Å². The molecule has 3 heterocycles. The van der Waals surface area contributed by atoms with Crippen LogP contribution in [0.5, 0.6) is 0 Å². The Kier molecular flexibility index (Phi) is 6.48. The largest absolute Gasteiger partial charge is 0.376 e. The van der Waals surface area contributed by atoms with E-state index in [0.717, 1.165) is 25.9 Å². The second kappa shape index (κ2) is 9.68. The Morgan fingerprint density at radius 3 is 2.53 bits per heavy atom. The Labute approximate surface area is 200 Å². The molecule has 0 saturated carbocycles. The van der Waals surface area contributed by atoms with Gasteiger partial charge in [0.05, 0.1) is 23.8 Å².